The first-order chi connectivity index (χ1) is 6.42. The van der Waals surface area contributed by atoms with E-state index >= 15 is 0 Å². The van der Waals surface area contributed by atoms with E-state index in [0.717, 1.165) is 0 Å². The van der Waals surface area contributed by atoms with Gasteiger partial charge >= 0.3 is 0 Å². The number of allylic oxidation sites excluding steroid dienone is 2. The zero-order valence-corrected chi connectivity index (χ0v) is 7.48. The van der Waals surface area contributed by atoms with Crippen LogP contribution in [0.25, 0.3) is 12.2 Å². The van der Waals surface area contributed by atoms with Gasteiger partial charge in [-0.05, 0) is 28.7 Å². The summed E-state index contributed by atoms with van der Waals surface area (Å²) in [6.07, 6.45) is 10.7. The van der Waals surface area contributed by atoms with Gasteiger partial charge in [-0.15, -0.1) is 0 Å². The molecule has 1 aromatic rings. The van der Waals surface area contributed by atoms with Crippen molar-refractivity contribution in [2.24, 2.45) is 11.8 Å². The van der Waals surface area contributed by atoms with E-state index in [1.54, 1.807) is 0 Å². The molecule has 0 N–H and O–H groups in total. The molecule has 3 rings (SSSR count). The lowest BCUT2D eigenvalue weighted by atomic mass is 10.0. The number of rotatable bonds is 0. The molecule has 0 saturated heterocycles. The van der Waals surface area contributed by atoms with Gasteiger partial charge in [0, 0.05) is 0 Å². The van der Waals surface area contributed by atoms with Crippen LogP contribution in [0.1, 0.15) is 6.42 Å². The van der Waals surface area contributed by atoms with Gasteiger partial charge in [0.25, 0.3) is 0 Å². The van der Waals surface area contributed by atoms with E-state index in [-0.39, 0.29) is 0 Å². The van der Waals surface area contributed by atoms with Crippen LogP contribution < -0.4 is 10.4 Å². The first kappa shape index (κ1) is 7.14. The molecule has 0 saturated carbocycles. The first-order valence-electron chi connectivity index (χ1n) is 4.89. The van der Waals surface area contributed by atoms with Crippen molar-refractivity contribution in [1.29, 1.82) is 0 Å². The second kappa shape index (κ2) is 2.59. The molecule has 13 heavy (non-hydrogen) atoms. The van der Waals surface area contributed by atoms with Crippen molar-refractivity contribution in [2.45, 2.75) is 6.42 Å². The largest absolute Gasteiger partial charge is 0.0810 e. The molecule has 0 heteroatoms. The summed E-state index contributed by atoms with van der Waals surface area (Å²) in [5.41, 5.74) is 0. The minimum atomic E-state index is 0.671. The highest BCUT2D eigenvalue weighted by atomic mass is 14.2. The van der Waals surface area contributed by atoms with E-state index in [0.29, 0.717) is 11.8 Å². The highest BCUT2D eigenvalue weighted by Gasteiger charge is 2.16. The summed E-state index contributed by atoms with van der Waals surface area (Å²) >= 11 is 0. The molecule has 0 aliphatic heterocycles. The molecule has 0 spiro atoms. The Kier molecular flexibility index (Phi) is 1.42. The number of hydrogen-bond donors (Lipinski definition) is 0. The maximum absolute atomic E-state index is 2.38. The standard InChI is InChI=1S/C13H12/c1-2-4-13-9-11-6-5-10(7-11)8-12(13)3-1/h1-6,8-11H,7H2. The Hall–Kier alpha value is -1.30. The Morgan fingerprint density at radius 1 is 0.846 bits per heavy atom. The maximum atomic E-state index is 2.38. The Labute approximate surface area is 77.9 Å². The van der Waals surface area contributed by atoms with Crippen LogP contribution in [0.5, 0.6) is 0 Å². The number of benzene rings is 1. The van der Waals surface area contributed by atoms with Gasteiger partial charge in [-0.1, -0.05) is 48.6 Å². The van der Waals surface area contributed by atoms with E-state index in [1.165, 1.54) is 16.9 Å². The van der Waals surface area contributed by atoms with Crippen molar-refractivity contribution in [1.82, 2.24) is 0 Å². The summed E-state index contributed by atoms with van der Waals surface area (Å²) in [5, 5.41) is 2.80. The molecule has 2 aliphatic carbocycles. The third kappa shape index (κ3) is 1.14. The van der Waals surface area contributed by atoms with Crippen LogP contribution in [0.4, 0.5) is 0 Å². The molecule has 2 aliphatic rings. The average Bonchev–Trinajstić information content (AvgIpc) is 2.48. The van der Waals surface area contributed by atoms with Crippen LogP contribution in [-0.4, -0.2) is 0 Å². The predicted octanol–water partition coefficient (Wildman–Crippen LogP) is 1.45. The Morgan fingerprint density at radius 3 is 1.92 bits per heavy atom. The van der Waals surface area contributed by atoms with E-state index in [2.05, 4.69) is 48.6 Å². The van der Waals surface area contributed by atoms with Crippen LogP contribution >= 0.6 is 0 Å². The van der Waals surface area contributed by atoms with Gasteiger partial charge in [-0.3, -0.25) is 0 Å². The van der Waals surface area contributed by atoms with E-state index < -0.39 is 0 Å². The molecule has 0 heterocycles. The van der Waals surface area contributed by atoms with E-state index in [1.807, 2.05) is 0 Å². The lowest BCUT2D eigenvalue weighted by Gasteiger charge is -1.99. The van der Waals surface area contributed by atoms with Crippen molar-refractivity contribution >= 4 is 12.2 Å². The molecule has 2 bridgehead atoms. The lowest BCUT2D eigenvalue weighted by Crippen LogP contribution is -2.24. The first-order valence-corrected chi connectivity index (χ1v) is 4.89. The second-order valence-electron chi connectivity index (χ2n) is 3.91. The zero-order valence-electron chi connectivity index (χ0n) is 7.48. The topological polar surface area (TPSA) is 0 Å². The lowest BCUT2D eigenvalue weighted by molar-refractivity contribution is 0.728. The van der Waals surface area contributed by atoms with Crippen LogP contribution in [0.2, 0.25) is 0 Å². The normalized spacial score (nSPS) is 28.6. The SMILES string of the molecule is C1=CC2C=c3ccccc3=CC1C2. The molecular weight excluding hydrogens is 156 g/mol. The second-order valence-corrected chi connectivity index (χ2v) is 3.91. The third-order valence-electron chi connectivity index (χ3n) is 2.93. The van der Waals surface area contributed by atoms with Crippen LogP contribution in [0.3, 0.4) is 0 Å². The monoisotopic (exact) mass is 168 g/mol. The molecule has 0 amide bonds. The van der Waals surface area contributed by atoms with Gasteiger partial charge in [0.05, 0.1) is 0 Å². The number of hydrogen-bond acceptors (Lipinski definition) is 0. The van der Waals surface area contributed by atoms with E-state index in [4.69, 9.17) is 0 Å². The van der Waals surface area contributed by atoms with Crippen molar-refractivity contribution in [3.05, 3.63) is 46.9 Å². The van der Waals surface area contributed by atoms with Gasteiger partial charge in [0.1, 0.15) is 0 Å². The molecule has 0 aromatic heterocycles. The summed E-state index contributed by atoms with van der Waals surface area (Å²) in [6, 6.07) is 8.65. The van der Waals surface area contributed by atoms with Gasteiger partial charge < -0.3 is 0 Å². The molecule has 64 valence electrons. The van der Waals surface area contributed by atoms with Gasteiger partial charge in [-0.2, -0.15) is 0 Å². The molecule has 0 radical (unpaired) electrons. The van der Waals surface area contributed by atoms with Crippen molar-refractivity contribution in [3.8, 4) is 0 Å². The molecular formula is C13H12. The van der Waals surface area contributed by atoms with Crippen molar-refractivity contribution < 1.29 is 0 Å². The molecule has 2 atom stereocenters. The highest BCUT2D eigenvalue weighted by molar-refractivity contribution is 5.45. The third-order valence-corrected chi connectivity index (χ3v) is 2.93. The highest BCUT2D eigenvalue weighted by Crippen LogP contribution is 2.26. The van der Waals surface area contributed by atoms with Crippen molar-refractivity contribution in [3.63, 3.8) is 0 Å². The summed E-state index contributed by atoms with van der Waals surface area (Å²) in [7, 11) is 0. The minimum Gasteiger partial charge on any atom is -0.0810 e. The predicted molar refractivity (Wildman–Crippen MR) is 55.4 cm³/mol. The number of fused-ring (bicyclic) bond motifs is 3. The van der Waals surface area contributed by atoms with Crippen molar-refractivity contribution in [2.75, 3.05) is 0 Å². The zero-order chi connectivity index (χ0) is 8.67. The summed E-state index contributed by atoms with van der Waals surface area (Å²) in [6.45, 7) is 0. The van der Waals surface area contributed by atoms with Gasteiger partial charge in [-0.25, -0.2) is 0 Å². The fraction of sp³-hybridized carbons (Fsp3) is 0.231. The van der Waals surface area contributed by atoms with Crippen LogP contribution in [0.15, 0.2) is 36.4 Å². The molecule has 0 fully saturated rings. The molecule has 0 nitrogen and oxygen atoms in total. The Balaban J connectivity index is 2.35. The average molecular weight is 168 g/mol. The maximum Gasteiger partial charge on any atom is -0.00355 e. The quantitative estimate of drug-likeness (QED) is 0.514. The Bertz CT molecular complexity index is 422. The fourth-order valence-corrected chi connectivity index (χ4v) is 2.28. The van der Waals surface area contributed by atoms with Crippen LogP contribution in [0, 0.1) is 11.8 Å². The molecule has 1 aromatic carbocycles. The summed E-state index contributed by atoms with van der Waals surface area (Å²) < 4.78 is 0. The smallest absolute Gasteiger partial charge is 0.00355 e. The fourth-order valence-electron chi connectivity index (χ4n) is 2.28. The molecule has 2 unspecified atom stereocenters. The summed E-state index contributed by atoms with van der Waals surface area (Å²) in [5.74, 6) is 1.34. The van der Waals surface area contributed by atoms with E-state index in [9.17, 15) is 0 Å². The minimum absolute atomic E-state index is 0.671. The summed E-state index contributed by atoms with van der Waals surface area (Å²) in [4.78, 5) is 0. The van der Waals surface area contributed by atoms with Crippen LogP contribution in [-0.2, 0) is 0 Å². The Morgan fingerprint density at radius 2 is 1.38 bits per heavy atom. The van der Waals surface area contributed by atoms with Gasteiger partial charge in [0.2, 0.25) is 0 Å². The van der Waals surface area contributed by atoms with Gasteiger partial charge in [0.15, 0.2) is 0 Å².